The number of aromatic nitrogens is 3. The molecule has 0 spiro atoms. The molecular weight excluding hydrogens is 494 g/mol. The van der Waals surface area contributed by atoms with Crippen molar-refractivity contribution in [3.05, 3.63) is 69.1 Å². The average molecular weight is 509 g/mol. The molecule has 14 heteroatoms. The molecule has 1 N–H and O–H groups in total. The smallest absolute Gasteiger partial charge is 0.425 e. The molecule has 0 aliphatic rings. The molecule has 1 heterocycles. The molecular formula is C20H15ClF6N4O3. The van der Waals surface area contributed by atoms with Gasteiger partial charge in [0.15, 0.2) is 6.10 Å². The second kappa shape index (κ2) is 9.41. The third-order valence-electron chi connectivity index (χ3n) is 4.62. The number of benzene rings is 2. The number of halogens is 7. The molecule has 0 bridgehead atoms. The Hall–Kier alpha value is -3.48. The highest BCUT2D eigenvalue weighted by Gasteiger charge is 2.39. The van der Waals surface area contributed by atoms with Crippen LogP contribution >= 0.6 is 11.6 Å². The van der Waals surface area contributed by atoms with Gasteiger partial charge in [0.25, 0.3) is 5.91 Å². The molecule has 1 atom stereocenters. The zero-order valence-corrected chi connectivity index (χ0v) is 18.1. The van der Waals surface area contributed by atoms with Gasteiger partial charge in [0.2, 0.25) is 5.28 Å². The largest absolute Gasteiger partial charge is 0.480 e. The van der Waals surface area contributed by atoms with Crippen LogP contribution in [0.2, 0.25) is 5.28 Å². The van der Waals surface area contributed by atoms with Gasteiger partial charge in [-0.15, -0.1) is 5.10 Å². The fourth-order valence-corrected chi connectivity index (χ4v) is 3.10. The van der Waals surface area contributed by atoms with Crippen LogP contribution in [0.25, 0.3) is 5.69 Å². The zero-order valence-electron chi connectivity index (χ0n) is 17.4. The number of rotatable bonds is 6. The Morgan fingerprint density at radius 3 is 2.32 bits per heavy atom. The third-order valence-corrected chi connectivity index (χ3v) is 4.90. The zero-order chi connectivity index (χ0) is 25.4. The first-order valence-electron chi connectivity index (χ1n) is 9.53. The van der Waals surface area contributed by atoms with E-state index in [1.165, 1.54) is 0 Å². The third kappa shape index (κ3) is 4.88. The summed E-state index contributed by atoms with van der Waals surface area (Å²) in [5.74, 6) is -5.83. The van der Waals surface area contributed by atoms with Gasteiger partial charge in [0.05, 0.1) is 5.56 Å². The maximum atomic E-state index is 14.9. The van der Waals surface area contributed by atoms with E-state index in [2.05, 4.69) is 5.10 Å². The molecule has 0 unspecified atom stereocenters. The normalized spacial score (nSPS) is 12.5. The second-order valence-electron chi connectivity index (χ2n) is 6.86. The molecule has 7 nitrogen and oxygen atoms in total. The minimum absolute atomic E-state index is 0.0580. The summed E-state index contributed by atoms with van der Waals surface area (Å²) in [6, 6.07) is 3.76. The fraction of sp³-hybridized carbons (Fsp3) is 0.250. The van der Waals surface area contributed by atoms with Crippen molar-refractivity contribution in [3.63, 3.8) is 0 Å². The average Bonchev–Trinajstić information content (AvgIpc) is 3.03. The predicted octanol–water partition coefficient (Wildman–Crippen LogP) is 4.71. The van der Waals surface area contributed by atoms with Crippen molar-refractivity contribution in [2.45, 2.75) is 32.7 Å². The van der Waals surface area contributed by atoms with Crippen molar-refractivity contribution in [1.82, 2.24) is 14.3 Å². The highest BCUT2D eigenvalue weighted by atomic mass is 35.5. The molecule has 0 aliphatic heterocycles. The minimum Gasteiger partial charge on any atom is -0.480 e. The summed E-state index contributed by atoms with van der Waals surface area (Å²) in [7, 11) is 0. The molecule has 0 radical (unpaired) electrons. The Balaban J connectivity index is 2.14. The number of hydrogen-bond donors (Lipinski definition) is 1. The Labute approximate surface area is 192 Å². The summed E-state index contributed by atoms with van der Waals surface area (Å²) in [6.45, 7) is 2.23. The van der Waals surface area contributed by atoms with Crippen LogP contribution in [0.4, 0.5) is 32.0 Å². The van der Waals surface area contributed by atoms with Crippen molar-refractivity contribution < 1.29 is 35.9 Å². The van der Waals surface area contributed by atoms with Crippen LogP contribution in [-0.4, -0.2) is 32.5 Å². The van der Waals surface area contributed by atoms with Gasteiger partial charge in [-0.1, -0.05) is 6.07 Å². The Morgan fingerprint density at radius 2 is 1.79 bits per heavy atom. The van der Waals surface area contributed by atoms with Crippen LogP contribution in [0, 0.1) is 17.5 Å². The number of anilines is 1. The number of carbonyl (C=O) groups excluding carboxylic acids is 1. The summed E-state index contributed by atoms with van der Waals surface area (Å²) >= 11 is 5.83. The summed E-state index contributed by atoms with van der Waals surface area (Å²) in [5.41, 5.74) is -3.31. The first kappa shape index (κ1) is 25.1. The van der Waals surface area contributed by atoms with Crippen molar-refractivity contribution in [2.75, 3.05) is 5.32 Å². The van der Waals surface area contributed by atoms with Gasteiger partial charge in [0, 0.05) is 12.6 Å². The SMILES string of the molecule is CCn1c(Cl)nn(-c2cc(O[C@@H](C)C(F)(F)F)c(C(=O)Nc3c(F)cccc3F)cc2F)c1=O. The van der Waals surface area contributed by atoms with E-state index < -0.39 is 64.0 Å². The highest BCUT2D eigenvalue weighted by molar-refractivity contribution is 6.28. The lowest BCUT2D eigenvalue weighted by atomic mass is 10.1. The van der Waals surface area contributed by atoms with Gasteiger partial charge in [-0.05, 0) is 43.6 Å². The number of para-hydroxylation sites is 1. The van der Waals surface area contributed by atoms with Crippen LogP contribution in [0.15, 0.2) is 35.1 Å². The number of alkyl halides is 3. The van der Waals surface area contributed by atoms with Gasteiger partial charge in [-0.3, -0.25) is 9.36 Å². The number of nitrogens with zero attached hydrogens (tertiary/aromatic N) is 3. The fourth-order valence-electron chi connectivity index (χ4n) is 2.83. The lowest BCUT2D eigenvalue weighted by Crippen LogP contribution is -2.32. The van der Waals surface area contributed by atoms with Crippen LogP contribution in [0.1, 0.15) is 24.2 Å². The quantitative estimate of drug-likeness (QED) is 0.489. The van der Waals surface area contributed by atoms with Crippen LogP contribution in [0.5, 0.6) is 5.75 Å². The standard InChI is InChI=1S/C20H15ClF6N4O3/c1-3-30-18(21)29-31(19(30)33)14-8-15(34-9(2)20(25,26)27)10(7-13(14)24)17(32)28-16-11(22)5-4-6-12(16)23/h4-9H,3H2,1-2H3,(H,28,32)/t9-/m0/s1. The number of hydrogen-bond acceptors (Lipinski definition) is 4. The summed E-state index contributed by atoms with van der Waals surface area (Å²) in [6.07, 6.45) is -7.36. The van der Waals surface area contributed by atoms with E-state index in [1.54, 1.807) is 6.92 Å². The van der Waals surface area contributed by atoms with E-state index in [-0.39, 0.29) is 11.8 Å². The molecule has 0 fully saturated rings. The first-order chi connectivity index (χ1) is 15.8. The van der Waals surface area contributed by atoms with Crippen molar-refractivity contribution in [2.24, 2.45) is 0 Å². The van der Waals surface area contributed by atoms with Gasteiger partial charge in [-0.25, -0.2) is 18.0 Å². The second-order valence-corrected chi connectivity index (χ2v) is 7.20. The van der Waals surface area contributed by atoms with Gasteiger partial charge in [-0.2, -0.15) is 17.9 Å². The van der Waals surface area contributed by atoms with E-state index in [0.717, 1.165) is 22.8 Å². The maximum absolute atomic E-state index is 14.9. The Morgan fingerprint density at radius 1 is 1.18 bits per heavy atom. The summed E-state index contributed by atoms with van der Waals surface area (Å²) in [4.78, 5) is 25.1. The van der Waals surface area contributed by atoms with Crippen LogP contribution < -0.4 is 15.7 Å². The van der Waals surface area contributed by atoms with Crippen LogP contribution in [0.3, 0.4) is 0 Å². The Kier molecular flexibility index (Phi) is 6.96. The number of carbonyl (C=O) groups is 1. The summed E-state index contributed by atoms with van der Waals surface area (Å²) in [5, 5.41) is 5.18. The molecule has 1 amide bonds. The van der Waals surface area contributed by atoms with Crippen molar-refractivity contribution in [1.29, 1.82) is 0 Å². The predicted molar refractivity (Wildman–Crippen MR) is 109 cm³/mol. The summed E-state index contributed by atoms with van der Waals surface area (Å²) < 4.78 is 88.3. The molecule has 182 valence electrons. The number of ether oxygens (including phenoxy) is 1. The van der Waals surface area contributed by atoms with Crippen molar-refractivity contribution in [3.8, 4) is 11.4 Å². The van der Waals surface area contributed by atoms with Gasteiger partial charge in [0.1, 0.15) is 34.6 Å². The van der Waals surface area contributed by atoms with Crippen molar-refractivity contribution >= 4 is 23.2 Å². The topological polar surface area (TPSA) is 78.2 Å². The molecule has 34 heavy (non-hydrogen) atoms. The number of amides is 1. The molecule has 3 rings (SSSR count). The molecule has 2 aromatic carbocycles. The van der Waals surface area contributed by atoms with E-state index >= 15 is 0 Å². The van der Waals surface area contributed by atoms with Crippen LogP contribution in [-0.2, 0) is 6.54 Å². The highest BCUT2D eigenvalue weighted by Crippen LogP contribution is 2.31. The molecule has 0 saturated heterocycles. The van der Waals surface area contributed by atoms with E-state index in [0.29, 0.717) is 23.7 Å². The molecule has 3 aromatic rings. The minimum atomic E-state index is -4.89. The Bertz CT molecular complexity index is 1280. The van der Waals surface area contributed by atoms with E-state index in [1.807, 2.05) is 5.32 Å². The van der Waals surface area contributed by atoms with E-state index in [4.69, 9.17) is 16.3 Å². The first-order valence-corrected chi connectivity index (χ1v) is 9.91. The number of nitrogens with one attached hydrogen (secondary N) is 1. The van der Waals surface area contributed by atoms with Gasteiger partial charge >= 0.3 is 11.9 Å². The maximum Gasteiger partial charge on any atom is 0.425 e. The molecule has 0 aliphatic carbocycles. The van der Waals surface area contributed by atoms with E-state index in [9.17, 15) is 35.9 Å². The van der Waals surface area contributed by atoms with Gasteiger partial charge < -0.3 is 10.1 Å². The lowest BCUT2D eigenvalue weighted by Gasteiger charge is -2.20. The molecule has 1 aromatic heterocycles. The monoisotopic (exact) mass is 508 g/mol. The molecule has 0 saturated carbocycles. The lowest BCUT2D eigenvalue weighted by molar-refractivity contribution is -0.189.